The molecule has 0 radical (unpaired) electrons. The summed E-state index contributed by atoms with van der Waals surface area (Å²) in [5.74, 6) is -1.35. The highest BCUT2D eigenvalue weighted by Crippen LogP contribution is 2.22. The first-order valence-electron chi connectivity index (χ1n) is 7.10. The van der Waals surface area contributed by atoms with Crippen LogP contribution in [0.15, 0.2) is 46.3 Å². The zero-order valence-electron chi connectivity index (χ0n) is 12.8. The molecule has 0 fully saturated rings. The Morgan fingerprint density at radius 1 is 1.29 bits per heavy atom. The van der Waals surface area contributed by atoms with Crippen LogP contribution in [0.2, 0.25) is 0 Å². The third-order valence-electron chi connectivity index (χ3n) is 3.02. The van der Waals surface area contributed by atoms with E-state index in [1.165, 1.54) is 36.5 Å². The van der Waals surface area contributed by atoms with Gasteiger partial charge >= 0.3 is 5.97 Å². The van der Waals surface area contributed by atoms with Crippen molar-refractivity contribution in [2.24, 2.45) is 0 Å². The number of carbonyl (C=O) groups excluding carboxylic acids is 2. The Labute approximate surface area is 151 Å². The molecule has 126 valence electrons. The molecule has 0 saturated carbocycles. The predicted octanol–water partition coefficient (Wildman–Crippen LogP) is 3.91. The number of carbonyl (C=O) groups is 2. The summed E-state index contributed by atoms with van der Waals surface area (Å²) in [4.78, 5) is 24.5. The first-order chi connectivity index (χ1) is 11.4. The zero-order chi connectivity index (χ0) is 17.5. The lowest BCUT2D eigenvalue weighted by Crippen LogP contribution is -2.35. The second-order valence-electron chi connectivity index (χ2n) is 4.90. The molecule has 2 aromatic rings. The van der Waals surface area contributed by atoms with E-state index in [-0.39, 0.29) is 12.4 Å². The third-order valence-corrected chi connectivity index (χ3v) is 4.61. The molecule has 1 amide bonds. The van der Waals surface area contributed by atoms with Gasteiger partial charge in [-0.3, -0.25) is 4.79 Å². The number of hydrogen-bond acceptors (Lipinski definition) is 4. The molecule has 1 aromatic carbocycles. The Bertz CT molecular complexity index is 743. The van der Waals surface area contributed by atoms with E-state index in [4.69, 9.17) is 4.74 Å². The van der Waals surface area contributed by atoms with Crippen molar-refractivity contribution in [2.75, 3.05) is 0 Å². The lowest BCUT2D eigenvalue weighted by molar-refractivity contribution is -0.150. The van der Waals surface area contributed by atoms with E-state index in [0.29, 0.717) is 0 Å². The molecule has 2 rings (SSSR count). The van der Waals surface area contributed by atoms with Crippen LogP contribution in [-0.4, -0.2) is 18.0 Å². The summed E-state index contributed by atoms with van der Waals surface area (Å²) in [6.45, 7) is 1.73. The van der Waals surface area contributed by atoms with E-state index in [2.05, 4.69) is 21.2 Å². The van der Waals surface area contributed by atoms with Gasteiger partial charge in [0.25, 0.3) is 5.91 Å². The average molecular weight is 412 g/mol. The number of hydrogen-bond donors (Lipinski definition) is 1. The largest absolute Gasteiger partial charge is 0.449 e. The van der Waals surface area contributed by atoms with E-state index in [0.717, 1.165) is 14.2 Å². The molecule has 7 heteroatoms. The lowest BCUT2D eigenvalue weighted by Gasteiger charge is -2.12. The number of esters is 1. The van der Waals surface area contributed by atoms with Crippen molar-refractivity contribution in [1.82, 2.24) is 5.32 Å². The molecule has 1 aromatic heterocycles. The Balaban J connectivity index is 1.79. The van der Waals surface area contributed by atoms with Crippen molar-refractivity contribution >= 4 is 45.2 Å². The number of rotatable bonds is 6. The molecule has 0 spiro atoms. The van der Waals surface area contributed by atoms with Gasteiger partial charge in [0.15, 0.2) is 6.10 Å². The quantitative estimate of drug-likeness (QED) is 0.578. The molecule has 24 heavy (non-hydrogen) atoms. The minimum Gasteiger partial charge on any atom is -0.449 e. The minimum absolute atomic E-state index is 0.236. The Hall–Kier alpha value is -1.99. The van der Waals surface area contributed by atoms with Gasteiger partial charge in [0.2, 0.25) is 0 Å². The number of thiophene rings is 1. The minimum atomic E-state index is -0.919. The van der Waals surface area contributed by atoms with Gasteiger partial charge in [-0.2, -0.15) is 0 Å². The number of ether oxygens (including phenoxy) is 1. The third kappa shape index (κ3) is 5.90. The molecule has 0 saturated heterocycles. The average Bonchev–Trinajstić information content (AvgIpc) is 2.97. The summed E-state index contributed by atoms with van der Waals surface area (Å²) in [5, 5.41) is 2.63. The molecule has 1 N–H and O–H groups in total. The van der Waals surface area contributed by atoms with Gasteiger partial charge in [-0.25, -0.2) is 9.18 Å². The van der Waals surface area contributed by atoms with Crippen molar-refractivity contribution in [1.29, 1.82) is 0 Å². The standard InChI is InChI=1S/C17H15BrFNO3S/c1-11(17(22)20-10-12-2-4-13(19)5-3-12)23-16(21)9-7-14-6-8-15(18)24-14/h2-9,11H,10H2,1H3,(H,20,22)/b9-7+/t11-/m1/s1. The van der Waals surface area contributed by atoms with Crippen LogP contribution >= 0.6 is 27.3 Å². The topological polar surface area (TPSA) is 55.4 Å². The second kappa shape index (κ2) is 8.75. The molecule has 1 heterocycles. The van der Waals surface area contributed by atoms with Crippen LogP contribution in [0.1, 0.15) is 17.4 Å². The normalized spacial score (nSPS) is 12.1. The predicted molar refractivity (Wildman–Crippen MR) is 94.9 cm³/mol. The fourth-order valence-electron chi connectivity index (χ4n) is 1.77. The van der Waals surface area contributed by atoms with E-state index in [1.54, 1.807) is 18.2 Å². The molecule has 0 unspecified atom stereocenters. The van der Waals surface area contributed by atoms with Gasteiger partial charge in [-0.05, 0) is 58.8 Å². The molecular formula is C17H15BrFNO3S. The summed E-state index contributed by atoms with van der Waals surface area (Å²) >= 11 is 4.81. The van der Waals surface area contributed by atoms with Crippen LogP contribution < -0.4 is 5.32 Å². The number of halogens is 2. The van der Waals surface area contributed by atoms with Gasteiger partial charge in [-0.15, -0.1) is 11.3 Å². The van der Waals surface area contributed by atoms with Crippen molar-refractivity contribution < 1.29 is 18.7 Å². The molecular weight excluding hydrogens is 397 g/mol. The number of benzene rings is 1. The summed E-state index contributed by atoms with van der Waals surface area (Å²) in [6.07, 6.45) is 1.99. The van der Waals surface area contributed by atoms with E-state index in [9.17, 15) is 14.0 Å². The summed E-state index contributed by atoms with van der Waals surface area (Å²) in [7, 11) is 0. The maximum atomic E-state index is 12.8. The fourth-order valence-corrected chi connectivity index (χ4v) is 3.10. The van der Waals surface area contributed by atoms with E-state index >= 15 is 0 Å². The van der Waals surface area contributed by atoms with Crippen LogP contribution in [0, 0.1) is 5.82 Å². The van der Waals surface area contributed by atoms with Gasteiger partial charge in [0.1, 0.15) is 5.82 Å². The molecule has 4 nitrogen and oxygen atoms in total. The van der Waals surface area contributed by atoms with Gasteiger partial charge in [0, 0.05) is 17.5 Å². The first kappa shape index (κ1) is 18.4. The first-order valence-corrected chi connectivity index (χ1v) is 8.71. The highest BCUT2D eigenvalue weighted by Gasteiger charge is 2.16. The summed E-state index contributed by atoms with van der Waals surface area (Å²) in [6, 6.07) is 9.53. The van der Waals surface area contributed by atoms with Crippen LogP contribution in [0.25, 0.3) is 6.08 Å². The SMILES string of the molecule is C[C@@H](OC(=O)/C=C/c1ccc(Br)s1)C(=O)NCc1ccc(F)cc1. The van der Waals surface area contributed by atoms with Crippen molar-refractivity contribution in [3.63, 3.8) is 0 Å². The highest BCUT2D eigenvalue weighted by molar-refractivity contribution is 9.11. The van der Waals surface area contributed by atoms with Crippen molar-refractivity contribution in [2.45, 2.75) is 19.6 Å². The lowest BCUT2D eigenvalue weighted by atomic mass is 10.2. The Morgan fingerprint density at radius 3 is 2.62 bits per heavy atom. The van der Waals surface area contributed by atoms with Crippen LogP contribution in [-0.2, 0) is 20.9 Å². The van der Waals surface area contributed by atoms with E-state index in [1.807, 2.05) is 12.1 Å². The molecule has 1 atom stereocenters. The van der Waals surface area contributed by atoms with Crippen molar-refractivity contribution in [3.8, 4) is 0 Å². The molecule has 0 aliphatic carbocycles. The van der Waals surface area contributed by atoms with Crippen LogP contribution in [0.4, 0.5) is 4.39 Å². The van der Waals surface area contributed by atoms with Crippen molar-refractivity contribution in [3.05, 3.63) is 62.5 Å². The van der Waals surface area contributed by atoms with Gasteiger partial charge in [0.05, 0.1) is 3.79 Å². The maximum Gasteiger partial charge on any atom is 0.331 e. The summed E-state index contributed by atoms with van der Waals surface area (Å²) < 4.78 is 18.8. The highest BCUT2D eigenvalue weighted by atomic mass is 79.9. The zero-order valence-corrected chi connectivity index (χ0v) is 15.2. The molecule has 0 aliphatic heterocycles. The second-order valence-corrected chi connectivity index (χ2v) is 7.39. The number of amides is 1. The Kier molecular flexibility index (Phi) is 6.69. The molecule has 0 bridgehead atoms. The monoisotopic (exact) mass is 411 g/mol. The fraction of sp³-hybridized carbons (Fsp3) is 0.176. The Morgan fingerprint density at radius 2 is 2.00 bits per heavy atom. The smallest absolute Gasteiger partial charge is 0.331 e. The van der Waals surface area contributed by atoms with Gasteiger partial charge < -0.3 is 10.1 Å². The molecule has 0 aliphatic rings. The van der Waals surface area contributed by atoms with Crippen LogP contribution in [0.5, 0.6) is 0 Å². The maximum absolute atomic E-state index is 12.8. The van der Waals surface area contributed by atoms with E-state index < -0.39 is 18.0 Å². The van der Waals surface area contributed by atoms with Gasteiger partial charge in [-0.1, -0.05) is 12.1 Å². The van der Waals surface area contributed by atoms with Crippen LogP contribution in [0.3, 0.4) is 0 Å². The number of nitrogens with one attached hydrogen (secondary N) is 1. The summed E-state index contributed by atoms with van der Waals surface area (Å²) in [5.41, 5.74) is 0.756.